The number of carbonyl (C=O) groups is 1. The number of aryl methyl sites for hydroxylation is 1. The maximum Gasteiger partial charge on any atom is 0.220 e. The Hall–Kier alpha value is -2.43. The molecule has 2 unspecified atom stereocenters. The van der Waals surface area contributed by atoms with Crippen LogP contribution in [-0.4, -0.2) is 19.6 Å². The molecule has 3 rings (SSSR count). The summed E-state index contributed by atoms with van der Waals surface area (Å²) in [4.78, 5) is 12.1. The first-order valence-electron chi connectivity index (χ1n) is 9.25. The molecule has 1 aliphatic rings. The first-order chi connectivity index (χ1) is 12.6. The lowest BCUT2D eigenvalue weighted by Crippen LogP contribution is -2.23. The molecule has 1 aromatic heterocycles. The Morgan fingerprint density at radius 3 is 2.77 bits per heavy atom. The summed E-state index contributed by atoms with van der Waals surface area (Å²) in [5, 5.41) is 2.94. The number of furan rings is 1. The predicted molar refractivity (Wildman–Crippen MR) is 99.6 cm³/mol. The maximum atomic E-state index is 12.1. The van der Waals surface area contributed by atoms with E-state index in [1.54, 1.807) is 7.11 Å². The molecule has 1 fully saturated rings. The van der Waals surface area contributed by atoms with Gasteiger partial charge in [0, 0.05) is 25.3 Å². The van der Waals surface area contributed by atoms with Gasteiger partial charge in [-0.15, -0.1) is 0 Å². The van der Waals surface area contributed by atoms with Gasteiger partial charge >= 0.3 is 0 Å². The Kier molecular flexibility index (Phi) is 5.86. The third kappa shape index (κ3) is 4.59. The third-order valence-electron chi connectivity index (χ3n) is 4.77. The second-order valence-electron chi connectivity index (χ2n) is 6.82. The van der Waals surface area contributed by atoms with Crippen LogP contribution in [0, 0.1) is 5.92 Å². The van der Waals surface area contributed by atoms with Gasteiger partial charge in [-0.2, -0.15) is 0 Å². The minimum Gasteiger partial charge on any atom is -0.493 e. The fourth-order valence-electron chi connectivity index (χ4n) is 3.07. The molecule has 1 amide bonds. The summed E-state index contributed by atoms with van der Waals surface area (Å²) < 4.78 is 16.7. The van der Waals surface area contributed by atoms with Gasteiger partial charge < -0.3 is 19.2 Å². The summed E-state index contributed by atoms with van der Waals surface area (Å²) in [6.45, 7) is 5.21. The van der Waals surface area contributed by atoms with E-state index < -0.39 is 0 Å². The topological polar surface area (TPSA) is 60.7 Å². The fraction of sp³-hybridized carbons (Fsp3) is 0.476. The van der Waals surface area contributed by atoms with Crippen LogP contribution in [0.25, 0.3) is 0 Å². The van der Waals surface area contributed by atoms with E-state index >= 15 is 0 Å². The van der Waals surface area contributed by atoms with E-state index in [0.717, 1.165) is 23.0 Å². The molecule has 2 atom stereocenters. The number of rotatable bonds is 9. The number of benzene rings is 1. The van der Waals surface area contributed by atoms with Crippen molar-refractivity contribution in [2.24, 2.45) is 5.92 Å². The van der Waals surface area contributed by atoms with Crippen LogP contribution < -0.4 is 14.8 Å². The average molecular weight is 357 g/mol. The summed E-state index contributed by atoms with van der Waals surface area (Å²) in [5.74, 6) is 4.65. The van der Waals surface area contributed by atoms with Crippen LogP contribution in [0.5, 0.6) is 11.5 Å². The zero-order valence-corrected chi connectivity index (χ0v) is 15.7. The molecule has 2 aromatic rings. The first kappa shape index (κ1) is 18.4. The minimum absolute atomic E-state index is 0.00981. The Bertz CT molecular complexity index is 752. The zero-order valence-electron chi connectivity index (χ0n) is 15.7. The Labute approximate surface area is 154 Å². The quantitative estimate of drug-likeness (QED) is 0.735. The van der Waals surface area contributed by atoms with Gasteiger partial charge in [0.25, 0.3) is 0 Å². The van der Waals surface area contributed by atoms with Crippen LogP contribution in [0.1, 0.15) is 49.7 Å². The highest BCUT2D eigenvalue weighted by Crippen LogP contribution is 2.47. The summed E-state index contributed by atoms with van der Waals surface area (Å²) >= 11 is 0. The van der Waals surface area contributed by atoms with Gasteiger partial charge in [0.15, 0.2) is 11.5 Å². The van der Waals surface area contributed by atoms with E-state index in [0.29, 0.717) is 43.4 Å². The summed E-state index contributed by atoms with van der Waals surface area (Å²) in [5.41, 5.74) is 0.974. The Morgan fingerprint density at radius 1 is 1.27 bits per heavy atom. The van der Waals surface area contributed by atoms with Crippen molar-refractivity contribution in [2.75, 3.05) is 13.7 Å². The van der Waals surface area contributed by atoms with E-state index in [2.05, 4.69) is 12.2 Å². The third-order valence-corrected chi connectivity index (χ3v) is 4.77. The smallest absolute Gasteiger partial charge is 0.220 e. The molecule has 140 valence electrons. The van der Waals surface area contributed by atoms with Crippen LogP contribution in [-0.2, 0) is 17.8 Å². The second-order valence-corrected chi connectivity index (χ2v) is 6.82. The molecule has 1 N–H and O–H groups in total. The van der Waals surface area contributed by atoms with Crippen molar-refractivity contribution in [3.63, 3.8) is 0 Å². The molecule has 5 nitrogen and oxygen atoms in total. The van der Waals surface area contributed by atoms with E-state index in [1.807, 2.05) is 37.3 Å². The lowest BCUT2D eigenvalue weighted by atomic mass is 10.2. The van der Waals surface area contributed by atoms with Crippen molar-refractivity contribution in [1.29, 1.82) is 0 Å². The van der Waals surface area contributed by atoms with Gasteiger partial charge in [-0.05, 0) is 49.1 Å². The molecule has 0 saturated heterocycles. The maximum absolute atomic E-state index is 12.1. The van der Waals surface area contributed by atoms with Crippen LogP contribution in [0.4, 0.5) is 0 Å². The zero-order chi connectivity index (χ0) is 18.5. The van der Waals surface area contributed by atoms with Crippen LogP contribution in [0.2, 0.25) is 0 Å². The highest BCUT2D eigenvalue weighted by atomic mass is 16.5. The molecule has 1 heterocycles. The number of hydrogen-bond acceptors (Lipinski definition) is 4. The predicted octanol–water partition coefficient (Wildman–Crippen LogP) is 4.06. The molecule has 1 aliphatic carbocycles. The molecular weight excluding hydrogens is 330 g/mol. The molecule has 5 heteroatoms. The molecule has 1 aromatic carbocycles. The molecule has 26 heavy (non-hydrogen) atoms. The lowest BCUT2D eigenvalue weighted by Gasteiger charge is -2.11. The van der Waals surface area contributed by atoms with Gasteiger partial charge in [0.05, 0.1) is 13.7 Å². The minimum atomic E-state index is 0.00981. The first-order valence-corrected chi connectivity index (χ1v) is 9.25. The number of amides is 1. The average Bonchev–Trinajstić information content (AvgIpc) is 3.19. The number of methoxy groups -OCH3 is 1. The van der Waals surface area contributed by atoms with Crippen molar-refractivity contribution in [2.45, 2.75) is 45.6 Å². The van der Waals surface area contributed by atoms with Gasteiger partial charge in [-0.25, -0.2) is 0 Å². The van der Waals surface area contributed by atoms with Gasteiger partial charge in [0.1, 0.15) is 11.5 Å². The summed E-state index contributed by atoms with van der Waals surface area (Å²) in [6, 6.07) is 9.73. The molecule has 0 bridgehead atoms. The molecule has 0 spiro atoms. The number of carbonyl (C=O) groups excluding carboxylic acids is 1. The number of hydrogen-bond donors (Lipinski definition) is 1. The molecular formula is C21H27NO4. The largest absolute Gasteiger partial charge is 0.493 e. The van der Waals surface area contributed by atoms with Crippen molar-refractivity contribution in [3.8, 4) is 11.5 Å². The molecule has 0 aliphatic heterocycles. The van der Waals surface area contributed by atoms with E-state index in [1.165, 1.54) is 6.42 Å². The van der Waals surface area contributed by atoms with E-state index in [-0.39, 0.29) is 5.91 Å². The van der Waals surface area contributed by atoms with Gasteiger partial charge in [-0.1, -0.05) is 13.0 Å². The second kappa shape index (κ2) is 8.30. The van der Waals surface area contributed by atoms with Gasteiger partial charge in [0.2, 0.25) is 5.91 Å². The summed E-state index contributed by atoms with van der Waals surface area (Å²) in [7, 11) is 1.61. The highest BCUT2D eigenvalue weighted by Gasteiger charge is 2.36. The Balaban J connectivity index is 1.45. The van der Waals surface area contributed by atoms with Crippen LogP contribution in [0.3, 0.4) is 0 Å². The van der Waals surface area contributed by atoms with Crippen molar-refractivity contribution in [3.05, 3.63) is 47.4 Å². The normalized spacial score (nSPS) is 18.4. The molecule has 0 radical (unpaired) electrons. The SMILES string of the molecule is CCOc1ccc(CNC(=O)CCc2ccc(C3CC3C)o2)cc1OC. The lowest BCUT2D eigenvalue weighted by molar-refractivity contribution is -0.121. The van der Waals surface area contributed by atoms with E-state index in [9.17, 15) is 4.79 Å². The Morgan fingerprint density at radius 2 is 2.08 bits per heavy atom. The number of nitrogens with one attached hydrogen (secondary N) is 1. The summed E-state index contributed by atoms with van der Waals surface area (Å²) in [6.07, 6.45) is 2.25. The van der Waals surface area contributed by atoms with Crippen molar-refractivity contribution >= 4 is 5.91 Å². The van der Waals surface area contributed by atoms with E-state index in [4.69, 9.17) is 13.9 Å². The van der Waals surface area contributed by atoms with Crippen molar-refractivity contribution < 1.29 is 18.7 Å². The van der Waals surface area contributed by atoms with Crippen molar-refractivity contribution in [1.82, 2.24) is 5.32 Å². The van der Waals surface area contributed by atoms with Gasteiger partial charge in [-0.3, -0.25) is 4.79 Å². The monoisotopic (exact) mass is 357 g/mol. The molecule has 1 saturated carbocycles. The highest BCUT2D eigenvalue weighted by molar-refractivity contribution is 5.76. The van der Waals surface area contributed by atoms with Crippen LogP contribution >= 0.6 is 0 Å². The fourth-order valence-corrected chi connectivity index (χ4v) is 3.07. The number of ether oxygens (including phenoxy) is 2. The van der Waals surface area contributed by atoms with Crippen LogP contribution in [0.15, 0.2) is 34.7 Å². The standard InChI is InChI=1S/C21H27NO4/c1-4-25-19-8-5-15(12-20(19)24-3)13-22-21(23)10-7-16-6-9-18(26-16)17-11-14(17)2/h5-6,8-9,12,14,17H,4,7,10-11,13H2,1-3H3,(H,22,23).